The number of hydrogen-bond acceptors (Lipinski definition) is 3. The molecule has 0 saturated heterocycles. The second-order valence-electron chi connectivity index (χ2n) is 2.70. The second-order valence-corrected chi connectivity index (χ2v) is 3.32. The van der Waals surface area contributed by atoms with Gasteiger partial charge >= 0.3 is 5.97 Å². The molecular formula is C11H16INO2. The van der Waals surface area contributed by atoms with Crippen LogP contribution in [0.25, 0.3) is 0 Å². The molecule has 84 valence electrons. The third kappa shape index (κ3) is 7.30. The number of carbonyl (C=O) groups is 1. The summed E-state index contributed by atoms with van der Waals surface area (Å²) in [5, 5.41) is 0. The van der Waals surface area contributed by atoms with Crippen molar-refractivity contribution >= 4 is 34.8 Å². The Morgan fingerprint density at radius 1 is 1.47 bits per heavy atom. The minimum absolute atomic E-state index is 0.299. The number of hydrogen-bond donors (Lipinski definition) is 0. The van der Waals surface area contributed by atoms with E-state index in [1.807, 2.05) is 22.6 Å². The largest absolute Gasteiger partial charge is 0.462 e. The van der Waals surface area contributed by atoms with Crippen LogP contribution in [0.3, 0.4) is 0 Å². The lowest BCUT2D eigenvalue weighted by atomic mass is 10.3. The average molecular weight is 321 g/mol. The quantitative estimate of drug-likeness (QED) is 0.248. The van der Waals surface area contributed by atoms with Gasteiger partial charge in [-0.3, -0.25) is 4.99 Å². The van der Waals surface area contributed by atoms with Crippen LogP contribution in [0.5, 0.6) is 0 Å². The summed E-state index contributed by atoms with van der Waals surface area (Å²) in [5.74, 6) is -0.299. The van der Waals surface area contributed by atoms with Crippen molar-refractivity contribution in [3.63, 3.8) is 0 Å². The molecule has 0 saturated carbocycles. The van der Waals surface area contributed by atoms with Crippen LogP contribution in [-0.4, -0.2) is 25.3 Å². The Balaban J connectivity index is 4.16. The van der Waals surface area contributed by atoms with E-state index in [1.54, 1.807) is 29.4 Å². The summed E-state index contributed by atoms with van der Waals surface area (Å²) >= 11 is 2.01. The predicted molar refractivity (Wildman–Crippen MR) is 71.5 cm³/mol. The number of esters is 1. The smallest absolute Gasteiger partial charge is 0.338 e. The van der Waals surface area contributed by atoms with Gasteiger partial charge in [0.1, 0.15) is 0 Å². The molecule has 15 heavy (non-hydrogen) atoms. The van der Waals surface area contributed by atoms with Crippen LogP contribution in [0.2, 0.25) is 0 Å². The molecule has 0 fully saturated rings. The highest BCUT2D eigenvalue weighted by atomic mass is 127. The van der Waals surface area contributed by atoms with Crippen molar-refractivity contribution in [2.75, 3.05) is 13.2 Å². The first-order valence-corrected chi connectivity index (χ1v) is 6.14. The highest BCUT2D eigenvalue weighted by molar-refractivity contribution is 14.1. The van der Waals surface area contributed by atoms with Crippen molar-refractivity contribution in [1.82, 2.24) is 0 Å². The van der Waals surface area contributed by atoms with Gasteiger partial charge in [0.2, 0.25) is 0 Å². The van der Waals surface area contributed by atoms with E-state index in [4.69, 9.17) is 4.74 Å². The molecule has 0 heterocycles. The minimum Gasteiger partial charge on any atom is -0.462 e. The summed E-state index contributed by atoms with van der Waals surface area (Å²) in [6, 6.07) is 0. The van der Waals surface area contributed by atoms with Gasteiger partial charge in [-0.05, 0) is 29.6 Å². The third-order valence-corrected chi connectivity index (χ3v) is 2.12. The van der Waals surface area contributed by atoms with Gasteiger partial charge in [-0.15, -0.1) is 0 Å². The van der Waals surface area contributed by atoms with Crippen molar-refractivity contribution < 1.29 is 9.53 Å². The van der Waals surface area contributed by atoms with Gasteiger partial charge in [-0.2, -0.15) is 0 Å². The number of carbonyl (C=O) groups excluding carboxylic acids is 1. The molecule has 0 N–H and O–H groups in total. The Kier molecular flexibility index (Phi) is 9.46. The van der Waals surface area contributed by atoms with Gasteiger partial charge in [-0.25, -0.2) is 4.79 Å². The summed E-state index contributed by atoms with van der Waals surface area (Å²) < 4.78 is 6.56. The maximum absolute atomic E-state index is 11.3. The van der Waals surface area contributed by atoms with E-state index in [2.05, 4.69) is 11.9 Å². The van der Waals surface area contributed by atoms with Crippen LogP contribution in [-0.2, 0) is 9.53 Å². The Labute approximate surface area is 104 Å². The van der Waals surface area contributed by atoms with Gasteiger partial charge in [0.15, 0.2) is 0 Å². The van der Waals surface area contributed by atoms with Gasteiger partial charge < -0.3 is 4.74 Å². The van der Waals surface area contributed by atoms with E-state index in [1.165, 1.54) is 0 Å². The van der Waals surface area contributed by atoms with Gasteiger partial charge in [0.05, 0.1) is 12.2 Å². The van der Waals surface area contributed by atoms with Crippen molar-refractivity contribution in [1.29, 1.82) is 0 Å². The Hall–Kier alpha value is -0.650. The van der Waals surface area contributed by atoms with Crippen molar-refractivity contribution in [2.24, 2.45) is 4.99 Å². The standard InChI is InChI=1S/C11H16INO2/c1-3-7-13-8-5-6-10(9-12)11(14)15-4-2/h5-6,8-9H,3-4,7H2,1-2H3/b6-5-,10-9+,13-8+. The molecule has 0 spiro atoms. The van der Waals surface area contributed by atoms with E-state index in [-0.39, 0.29) is 5.97 Å². The van der Waals surface area contributed by atoms with Crippen LogP contribution < -0.4 is 0 Å². The molecule has 3 nitrogen and oxygen atoms in total. The number of nitrogens with zero attached hydrogens (tertiary/aromatic N) is 1. The number of ether oxygens (including phenoxy) is 1. The van der Waals surface area contributed by atoms with E-state index in [9.17, 15) is 4.79 Å². The zero-order valence-electron chi connectivity index (χ0n) is 9.07. The predicted octanol–water partition coefficient (Wildman–Crippen LogP) is 2.91. The van der Waals surface area contributed by atoms with Crippen LogP contribution >= 0.6 is 22.6 Å². The third-order valence-electron chi connectivity index (χ3n) is 1.45. The number of allylic oxidation sites excluding steroid dienone is 1. The van der Waals surface area contributed by atoms with E-state index in [0.29, 0.717) is 12.2 Å². The van der Waals surface area contributed by atoms with Crippen molar-refractivity contribution in [3.05, 3.63) is 21.8 Å². The zero-order chi connectivity index (χ0) is 11.5. The Morgan fingerprint density at radius 2 is 2.20 bits per heavy atom. The van der Waals surface area contributed by atoms with Gasteiger partial charge in [0.25, 0.3) is 0 Å². The summed E-state index contributed by atoms with van der Waals surface area (Å²) in [6.45, 7) is 5.06. The maximum atomic E-state index is 11.3. The SMILES string of the molecule is CCC/N=C/C=C\C(=C/I)C(=O)OCC. The Bertz CT molecular complexity index is 270. The average Bonchev–Trinajstić information content (AvgIpc) is 2.23. The molecule has 0 aromatic rings. The first-order valence-electron chi connectivity index (χ1n) is 4.90. The normalized spacial score (nSPS) is 12.6. The molecule has 0 aliphatic rings. The molecule has 0 aliphatic carbocycles. The summed E-state index contributed by atoms with van der Waals surface area (Å²) in [7, 11) is 0. The molecule has 4 heteroatoms. The van der Waals surface area contributed by atoms with Crippen LogP contribution in [0.1, 0.15) is 20.3 Å². The molecule has 0 atom stereocenters. The van der Waals surface area contributed by atoms with E-state index >= 15 is 0 Å². The molecule has 0 aromatic heterocycles. The highest BCUT2D eigenvalue weighted by Gasteiger charge is 2.04. The first-order chi connectivity index (χ1) is 7.26. The van der Waals surface area contributed by atoms with Crippen LogP contribution in [0.15, 0.2) is 26.8 Å². The number of halogens is 1. The zero-order valence-corrected chi connectivity index (χ0v) is 11.2. The fourth-order valence-electron chi connectivity index (χ4n) is 0.775. The molecule has 0 amide bonds. The Morgan fingerprint density at radius 3 is 2.73 bits per heavy atom. The van der Waals surface area contributed by atoms with E-state index in [0.717, 1.165) is 13.0 Å². The van der Waals surface area contributed by atoms with Crippen LogP contribution in [0, 0.1) is 0 Å². The molecule has 0 radical (unpaired) electrons. The first kappa shape index (κ1) is 14.3. The van der Waals surface area contributed by atoms with E-state index < -0.39 is 0 Å². The maximum Gasteiger partial charge on any atom is 0.338 e. The van der Waals surface area contributed by atoms with Gasteiger partial charge in [0, 0.05) is 12.8 Å². The van der Waals surface area contributed by atoms with Crippen LogP contribution in [0.4, 0.5) is 0 Å². The lowest BCUT2D eigenvalue weighted by Gasteiger charge is -1.99. The lowest BCUT2D eigenvalue weighted by molar-refractivity contribution is -0.138. The molecule has 0 rings (SSSR count). The lowest BCUT2D eigenvalue weighted by Crippen LogP contribution is -2.05. The monoisotopic (exact) mass is 321 g/mol. The summed E-state index contributed by atoms with van der Waals surface area (Å²) in [6.07, 6.45) is 6.17. The topological polar surface area (TPSA) is 38.7 Å². The summed E-state index contributed by atoms with van der Waals surface area (Å²) in [4.78, 5) is 15.4. The number of rotatable bonds is 6. The molecule has 0 aliphatic heterocycles. The number of aliphatic imine (C=N–C) groups is 1. The molecule has 0 aromatic carbocycles. The van der Waals surface area contributed by atoms with Crippen molar-refractivity contribution in [2.45, 2.75) is 20.3 Å². The minimum atomic E-state index is -0.299. The second kappa shape index (κ2) is 9.89. The summed E-state index contributed by atoms with van der Waals surface area (Å²) in [5.41, 5.74) is 0.542. The van der Waals surface area contributed by atoms with Crippen molar-refractivity contribution in [3.8, 4) is 0 Å². The molecule has 0 unspecified atom stereocenters. The fourth-order valence-corrected chi connectivity index (χ4v) is 1.24. The highest BCUT2D eigenvalue weighted by Crippen LogP contribution is 2.04. The molecule has 0 bridgehead atoms. The molecular weight excluding hydrogens is 305 g/mol. The fraction of sp³-hybridized carbons (Fsp3) is 0.455. The van der Waals surface area contributed by atoms with Gasteiger partial charge in [-0.1, -0.05) is 29.5 Å².